The van der Waals surface area contributed by atoms with Crippen LogP contribution in [0.25, 0.3) is 0 Å². The van der Waals surface area contributed by atoms with E-state index >= 15 is 0 Å². The zero-order valence-corrected chi connectivity index (χ0v) is 12.1. The second-order valence-electron chi connectivity index (χ2n) is 5.39. The van der Waals surface area contributed by atoms with E-state index in [2.05, 4.69) is 29.3 Å². The number of rotatable bonds is 5. The van der Waals surface area contributed by atoms with Crippen LogP contribution in [-0.4, -0.2) is 37.6 Å². The van der Waals surface area contributed by atoms with E-state index in [4.69, 9.17) is 11.6 Å². The molecule has 2 nitrogen and oxygen atoms in total. The first-order valence-corrected chi connectivity index (χ1v) is 7.20. The SMILES string of the molecule is CNCC1CCN(C(C)Cc2ccc(Cl)cc2)C1. The number of nitrogens with one attached hydrogen (secondary N) is 1. The zero-order chi connectivity index (χ0) is 13.0. The van der Waals surface area contributed by atoms with Crippen LogP contribution in [0.3, 0.4) is 0 Å². The van der Waals surface area contributed by atoms with Crippen LogP contribution in [0.15, 0.2) is 24.3 Å². The Morgan fingerprint density at radius 3 is 2.78 bits per heavy atom. The molecule has 1 aliphatic heterocycles. The molecular weight excluding hydrogens is 244 g/mol. The molecular formula is C15H23ClN2. The summed E-state index contributed by atoms with van der Waals surface area (Å²) in [5, 5.41) is 4.10. The van der Waals surface area contributed by atoms with E-state index in [0.29, 0.717) is 6.04 Å². The Kier molecular flexibility index (Phi) is 5.04. The maximum absolute atomic E-state index is 5.91. The minimum atomic E-state index is 0.619. The van der Waals surface area contributed by atoms with Crippen LogP contribution in [0.5, 0.6) is 0 Å². The molecule has 3 heteroatoms. The number of halogens is 1. The van der Waals surface area contributed by atoms with Crippen LogP contribution in [0.2, 0.25) is 5.02 Å². The molecule has 1 aromatic carbocycles. The molecule has 1 aliphatic rings. The Labute approximate surface area is 115 Å². The van der Waals surface area contributed by atoms with Gasteiger partial charge in [-0.25, -0.2) is 0 Å². The smallest absolute Gasteiger partial charge is 0.0406 e. The van der Waals surface area contributed by atoms with Crippen LogP contribution in [0, 0.1) is 5.92 Å². The highest BCUT2D eigenvalue weighted by molar-refractivity contribution is 6.30. The molecule has 1 aromatic rings. The number of hydrogen-bond acceptors (Lipinski definition) is 2. The Bertz CT molecular complexity index is 363. The maximum atomic E-state index is 5.91. The molecule has 0 saturated carbocycles. The van der Waals surface area contributed by atoms with E-state index in [1.165, 1.54) is 25.1 Å². The zero-order valence-electron chi connectivity index (χ0n) is 11.3. The summed E-state index contributed by atoms with van der Waals surface area (Å²) in [5.41, 5.74) is 1.38. The molecule has 0 bridgehead atoms. The van der Waals surface area contributed by atoms with Gasteiger partial charge in [-0.2, -0.15) is 0 Å². The van der Waals surface area contributed by atoms with Gasteiger partial charge in [0, 0.05) is 17.6 Å². The van der Waals surface area contributed by atoms with Crippen molar-refractivity contribution in [1.82, 2.24) is 10.2 Å². The molecule has 100 valence electrons. The lowest BCUT2D eigenvalue weighted by Gasteiger charge is -2.24. The molecule has 2 rings (SSSR count). The lowest BCUT2D eigenvalue weighted by Crippen LogP contribution is -2.33. The fraction of sp³-hybridized carbons (Fsp3) is 0.600. The summed E-state index contributed by atoms with van der Waals surface area (Å²) in [6.45, 7) is 5.94. The molecule has 18 heavy (non-hydrogen) atoms. The molecule has 0 amide bonds. The second kappa shape index (κ2) is 6.55. The van der Waals surface area contributed by atoms with Gasteiger partial charge >= 0.3 is 0 Å². The molecule has 2 unspecified atom stereocenters. The van der Waals surface area contributed by atoms with Gasteiger partial charge in [0.25, 0.3) is 0 Å². The molecule has 0 aromatic heterocycles. The van der Waals surface area contributed by atoms with Crippen LogP contribution in [0.4, 0.5) is 0 Å². The lowest BCUT2D eigenvalue weighted by atomic mass is 10.1. The van der Waals surface area contributed by atoms with E-state index in [-0.39, 0.29) is 0 Å². The molecule has 1 heterocycles. The Morgan fingerprint density at radius 2 is 2.11 bits per heavy atom. The molecule has 0 spiro atoms. The van der Waals surface area contributed by atoms with Crippen LogP contribution < -0.4 is 5.32 Å². The van der Waals surface area contributed by atoms with Gasteiger partial charge in [-0.15, -0.1) is 0 Å². The molecule has 1 saturated heterocycles. The molecule has 0 aliphatic carbocycles. The van der Waals surface area contributed by atoms with Crippen molar-refractivity contribution < 1.29 is 0 Å². The van der Waals surface area contributed by atoms with Crippen molar-refractivity contribution in [2.24, 2.45) is 5.92 Å². The summed E-state index contributed by atoms with van der Waals surface area (Å²) in [7, 11) is 2.04. The summed E-state index contributed by atoms with van der Waals surface area (Å²) in [6, 6.07) is 8.86. The third kappa shape index (κ3) is 3.71. The van der Waals surface area contributed by atoms with Gasteiger partial charge in [-0.05, 0) is 63.5 Å². The fourth-order valence-corrected chi connectivity index (χ4v) is 2.93. The van der Waals surface area contributed by atoms with Crippen molar-refractivity contribution in [2.45, 2.75) is 25.8 Å². The Balaban J connectivity index is 1.85. The van der Waals surface area contributed by atoms with E-state index in [1.54, 1.807) is 0 Å². The number of likely N-dealkylation sites (tertiary alicyclic amines) is 1. The third-order valence-corrected chi connectivity index (χ3v) is 4.13. The van der Waals surface area contributed by atoms with Crippen molar-refractivity contribution in [3.05, 3.63) is 34.9 Å². The van der Waals surface area contributed by atoms with Gasteiger partial charge in [-0.3, -0.25) is 4.90 Å². The first kappa shape index (κ1) is 13.9. The fourth-order valence-electron chi connectivity index (χ4n) is 2.81. The van der Waals surface area contributed by atoms with Crippen LogP contribution >= 0.6 is 11.6 Å². The van der Waals surface area contributed by atoms with E-state index in [0.717, 1.165) is 23.9 Å². The average Bonchev–Trinajstić information content (AvgIpc) is 2.81. The van der Waals surface area contributed by atoms with Gasteiger partial charge in [-0.1, -0.05) is 23.7 Å². The lowest BCUT2D eigenvalue weighted by molar-refractivity contribution is 0.247. The van der Waals surface area contributed by atoms with Gasteiger partial charge < -0.3 is 5.32 Å². The highest BCUT2D eigenvalue weighted by Gasteiger charge is 2.25. The number of hydrogen-bond donors (Lipinski definition) is 1. The molecule has 1 N–H and O–H groups in total. The monoisotopic (exact) mass is 266 g/mol. The molecule has 2 atom stereocenters. The van der Waals surface area contributed by atoms with Crippen LogP contribution in [-0.2, 0) is 6.42 Å². The van der Waals surface area contributed by atoms with Gasteiger partial charge in [0.15, 0.2) is 0 Å². The topological polar surface area (TPSA) is 15.3 Å². The Morgan fingerprint density at radius 1 is 1.39 bits per heavy atom. The van der Waals surface area contributed by atoms with Crippen molar-refractivity contribution in [3.8, 4) is 0 Å². The second-order valence-corrected chi connectivity index (χ2v) is 5.82. The van der Waals surface area contributed by atoms with E-state index in [1.807, 2.05) is 19.2 Å². The normalized spacial score (nSPS) is 22.3. The number of benzene rings is 1. The number of nitrogens with zero attached hydrogens (tertiary/aromatic N) is 1. The molecule has 1 fully saturated rings. The van der Waals surface area contributed by atoms with Gasteiger partial charge in [0.2, 0.25) is 0 Å². The first-order valence-electron chi connectivity index (χ1n) is 6.82. The highest BCUT2D eigenvalue weighted by atomic mass is 35.5. The summed E-state index contributed by atoms with van der Waals surface area (Å²) < 4.78 is 0. The van der Waals surface area contributed by atoms with E-state index in [9.17, 15) is 0 Å². The average molecular weight is 267 g/mol. The first-order chi connectivity index (χ1) is 8.69. The van der Waals surface area contributed by atoms with Gasteiger partial charge in [0.1, 0.15) is 0 Å². The molecule has 0 radical (unpaired) electrons. The van der Waals surface area contributed by atoms with Crippen molar-refractivity contribution >= 4 is 11.6 Å². The maximum Gasteiger partial charge on any atom is 0.0406 e. The van der Waals surface area contributed by atoms with Crippen molar-refractivity contribution in [3.63, 3.8) is 0 Å². The quantitative estimate of drug-likeness (QED) is 0.882. The Hall–Kier alpha value is -0.570. The highest BCUT2D eigenvalue weighted by Crippen LogP contribution is 2.20. The van der Waals surface area contributed by atoms with Gasteiger partial charge in [0.05, 0.1) is 0 Å². The standard InChI is InChI=1S/C15H23ClN2/c1-12(9-13-3-5-15(16)6-4-13)18-8-7-14(11-18)10-17-2/h3-6,12,14,17H,7-11H2,1-2H3. The van der Waals surface area contributed by atoms with Crippen molar-refractivity contribution in [1.29, 1.82) is 0 Å². The predicted octanol–water partition coefficient (Wildman–Crippen LogP) is 2.81. The minimum absolute atomic E-state index is 0.619. The summed E-state index contributed by atoms with van der Waals surface area (Å²) in [5.74, 6) is 0.822. The van der Waals surface area contributed by atoms with Crippen molar-refractivity contribution in [2.75, 3.05) is 26.7 Å². The summed E-state index contributed by atoms with van der Waals surface area (Å²) >= 11 is 5.91. The third-order valence-electron chi connectivity index (χ3n) is 3.88. The predicted molar refractivity (Wildman–Crippen MR) is 78.2 cm³/mol. The van der Waals surface area contributed by atoms with Crippen LogP contribution in [0.1, 0.15) is 18.9 Å². The summed E-state index contributed by atoms with van der Waals surface area (Å²) in [4.78, 5) is 2.61. The van der Waals surface area contributed by atoms with E-state index < -0.39 is 0 Å². The summed E-state index contributed by atoms with van der Waals surface area (Å²) in [6.07, 6.45) is 2.44. The largest absolute Gasteiger partial charge is 0.319 e. The minimum Gasteiger partial charge on any atom is -0.319 e.